The molecule has 2 rings (SSSR count). The molecule has 0 aliphatic heterocycles. The molecular weight excluding hydrogens is 202 g/mol. The van der Waals surface area contributed by atoms with E-state index < -0.39 is 0 Å². The van der Waals surface area contributed by atoms with Gasteiger partial charge in [-0.3, -0.25) is 0 Å². The largest absolute Gasteiger partial charge is 0.436 e. The molecule has 0 radical (unpaired) electrons. The van der Waals surface area contributed by atoms with Crippen LogP contribution in [0.4, 0.5) is 5.69 Å². The standard InChI is InChI=1S/C12H9N3O/c13-8-9-4-1-2-6-11(9)16-12-10(14)5-3-7-15-12/h1-7H,14H2. The highest BCUT2D eigenvalue weighted by molar-refractivity contribution is 5.51. The number of anilines is 1. The number of para-hydroxylation sites is 1. The van der Waals surface area contributed by atoms with Crippen LogP contribution in [0.3, 0.4) is 0 Å². The van der Waals surface area contributed by atoms with Gasteiger partial charge in [-0.1, -0.05) is 12.1 Å². The molecule has 2 aromatic rings. The summed E-state index contributed by atoms with van der Waals surface area (Å²) in [6, 6.07) is 12.4. The fourth-order valence-corrected chi connectivity index (χ4v) is 1.24. The third-order valence-electron chi connectivity index (χ3n) is 2.01. The van der Waals surface area contributed by atoms with E-state index in [0.29, 0.717) is 22.9 Å². The Balaban J connectivity index is 2.35. The molecule has 78 valence electrons. The van der Waals surface area contributed by atoms with Gasteiger partial charge in [0.1, 0.15) is 11.8 Å². The van der Waals surface area contributed by atoms with E-state index in [1.165, 1.54) is 0 Å². The zero-order chi connectivity index (χ0) is 11.4. The number of nitrogens with two attached hydrogens (primary N) is 1. The molecule has 4 nitrogen and oxygen atoms in total. The Kier molecular flexibility index (Phi) is 2.70. The average Bonchev–Trinajstić information content (AvgIpc) is 2.33. The third kappa shape index (κ3) is 1.93. The van der Waals surface area contributed by atoms with Gasteiger partial charge in [0.25, 0.3) is 0 Å². The van der Waals surface area contributed by atoms with Crippen molar-refractivity contribution < 1.29 is 4.74 Å². The Morgan fingerprint density at radius 2 is 2.00 bits per heavy atom. The van der Waals surface area contributed by atoms with Gasteiger partial charge in [0.15, 0.2) is 0 Å². The molecular formula is C12H9N3O. The molecule has 0 fully saturated rings. The van der Waals surface area contributed by atoms with Crippen molar-refractivity contribution in [1.82, 2.24) is 4.98 Å². The Morgan fingerprint density at radius 3 is 2.75 bits per heavy atom. The van der Waals surface area contributed by atoms with Gasteiger partial charge in [0, 0.05) is 6.20 Å². The quantitative estimate of drug-likeness (QED) is 0.827. The van der Waals surface area contributed by atoms with E-state index in [9.17, 15) is 0 Å². The van der Waals surface area contributed by atoms with Crippen LogP contribution in [0.2, 0.25) is 0 Å². The molecule has 1 heterocycles. The van der Waals surface area contributed by atoms with Crippen LogP contribution in [-0.2, 0) is 0 Å². The Hall–Kier alpha value is -2.54. The first kappa shape index (κ1) is 9.99. The maximum atomic E-state index is 8.88. The predicted molar refractivity (Wildman–Crippen MR) is 59.9 cm³/mol. The predicted octanol–water partition coefficient (Wildman–Crippen LogP) is 2.33. The lowest BCUT2D eigenvalue weighted by molar-refractivity contribution is 0.464. The summed E-state index contributed by atoms with van der Waals surface area (Å²) in [4.78, 5) is 3.99. The number of nitriles is 1. The highest BCUT2D eigenvalue weighted by Crippen LogP contribution is 2.26. The Morgan fingerprint density at radius 1 is 1.19 bits per heavy atom. The molecule has 0 spiro atoms. The number of pyridine rings is 1. The second-order valence-electron chi connectivity index (χ2n) is 3.11. The molecule has 1 aromatic carbocycles. The Bertz CT molecular complexity index is 546. The molecule has 0 aliphatic rings. The van der Waals surface area contributed by atoms with Crippen molar-refractivity contribution in [3.05, 3.63) is 48.2 Å². The minimum absolute atomic E-state index is 0.310. The molecule has 0 aliphatic carbocycles. The van der Waals surface area contributed by atoms with Gasteiger partial charge in [-0.15, -0.1) is 0 Å². The molecule has 1 aromatic heterocycles. The number of aromatic nitrogens is 1. The normalized spacial score (nSPS) is 9.44. The van der Waals surface area contributed by atoms with Crippen molar-refractivity contribution in [2.45, 2.75) is 0 Å². The number of benzene rings is 1. The highest BCUT2D eigenvalue weighted by Gasteiger charge is 2.06. The van der Waals surface area contributed by atoms with Gasteiger partial charge >= 0.3 is 0 Å². The lowest BCUT2D eigenvalue weighted by atomic mass is 10.2. The second-order valence-corrected chi connectivity index (χ2v) is 3.11. The molecule has 2 N–H and O–H groups in total. The van der Waals surface area contributed by atoms with Crippen LogP contribution in [0.25, 0.3) is 0 Å². The summed E-state index contributed by atoms with van der Waals surface area (Å²) in [6.07, 6.45) is 1.58. The first-order valence-corrected chi connectivity index (χ1v) is 4.69. The summed E-state index contributed by atoms with van der Waals surface area (Å²) in [7, 11) is 0. The number of rotatable bonds is 2. The topological polar surface area (TPSA) is 71.9 Å². The van der Waals surface area contributed by atoms with E-state index in [-0.39, 0.29) is 0 Å². The number of hydrogen-bond donors (Lipinski definition) is 1. The van der Waals surface area contributed by atoms with E-state index in [2.05, 4.69) is 4.98 Å². The molecule has 0 saturated heterocycles. The van der Waals surface area contributed by atoms with E-state index >= 15 is 0 Å². The average molecular weight is 211 g/mol. The van der Waals surface area contributed by atoms with E-state index in [1.807, 2.05) is 6.07 Å². The number of nitrogen functional groups attached to an aromatic ring is 1. The van der Waals surface area contributed by atoms with Crippen LogP contribution in [0.15, 0.2) is 42.6 Å². The first-order chi connectivity index (χ1) is 7.81. The van der Waals surface area contributed by atoms with Crippen molar-refractivity contribution in [3.8, 4) is 17.7 Å². The summed E-state index contributed by atoms with van der Waals surface area (Å²) in [5.41, 5.74) is 6.58. The fourth-order valence-electron chi connectivity index (χ4n) is 1.24. The van der Waals surface area contributed by atoms with Crippen molar-refractivity contribution >= 4 is 5.69 Å². The van der Waals surface area contributed by atoms with E-state index in [4.69, 9.17) is 15.7 Å². The zero-order valence-electron chi connectivity index (χ0n) is 8.42. The smallest absolute Gasteiger partial charge is 0.242 e. The van der Waals surface area contributed by atoms with E-state index in [0.717, 1.165) is 0 Å². The van der Waals surface area contributed by atoms with Crippen LogP contribution < -0.4 is 10.5 Å². The van der Waals surface area contributed by atoms with Crippen LogP contribution in [0, 0.1) is 11.3 Å². The van der Waals surface area contributed by atoms with Gasteiger partial charge < -0.3 is 10.5 Å². The molecule has 0 atom stereocenters. The summed E-state index contributed by atoms with van der Waals surface area (Å²) >= 11 is 0. The molecule has 0 saturated carbocycles. The second kappa shape index (κ2) is 4.32. The maximum Gasteiger partial charge on any atom is 0.242 e. The van der Waals surface area contributed by atoms with Gasteiger partial charge in [-0.2, -0.15) is 5.26 Å². The third-order valence-corrected chi connectivity index (χ3v) is 2.01. The van der Waals surface area contributed by atoms with Crippen LogP contribution in [0.5, 0.6) is 11.6 Å². The van der Waals surface area contributed by atoms with Gasteiger partial charge in [-0.25, -0.2) is 4.98 Å². The van der Waals surface area contributed by atoms with Crippen molar-refractivity contribution in [2.75, 3.05) is 5.73 Å². The minimum atomic E-state index is 0.310. The summed E-state index contributed by atoms with van der Waals surface area (Å²) < 4.78 is 5.47. The number of ether oxygens (including phenoxy) is 1. The van der Waals surface area contributed by atoms with Gasteiger partial charge in [0.05, 0.1) is 11.3 Å². The number of hydrogen-bond acceptors (Lipinski definition) is 4. The van der Waals surface area contributed by atoms with Crippen LogP contribution in [-0.4, -0.2) is 4.98 Å². The summed E-state index contributed by atoms with van der Waals surface area (Å²) in [5, 5.41) is 8.88. The monoisotopic (exact) mass is 211 g/mol. The van der Waals surface area contributed by atoms with Crippen molar-refractivity contribution in [1.29, 1.82) is 5.26 Å². The summed E-state index contributed by atoms with van der Waals surface area (Å²) in [6.45, 7) is 0. The van der Waals surface area contributed by atoms with Crippen LogP contribution in [0.1, 0.15) is 5.56 Å². The number of nitrogens with zero attached hydrogens (tertiary/aromatic N) is 2. The van der Waals surface area contributed by atoms with Crippen molar-refractivity contribution in [3.63, 3.8) is 0 Å². The lowest BCUT2D eigenvalue weighted by Gasteiger charge is -2.07. The van der Waals surface area contributed by atoms with Crippen molar-refractivity contribution in [2.24, 2.45) is 0 Å². The van der Waals surface area contributed by atoms with E-state index in [1.54, 1.807) is 42.6 Å². The molecule has 0 amide bonds. The SMILES string of the molecule is N#Cc1ccccc1Oc1ncccc1N. The molecule has 4 heteroatoms. The van der Waals surface area contributed by atoms with Crippen LogP contribution >= 0.6 is 0 Å². The van der Waals surface area contributed by atoms with Gasteiger partial charge in [0.2, 0.25) is 5.88 Å². The minimum Gasteiger partial charge on any atom is -0.436 e. The molecule has 0 bridgehead atoms. The summed E-state index contributed by atoms with van der Waals surface area (Å²) in [5.74, 6) is 0.764. The highest BCUT2D eigenvalue weighted by atomic mass is 16.5. The zero-order valence-corrected chi connectivity index (χ0v) is 8.42. The molecule has 0 unspecified atom stereocenters. The first-order valence-electron chi connectivity index (χ1n) is 4.69. The Labute approximate surface area is 92.9 Å². The fraction of sp³-hybridized carbons (Fsp3) is 0. The van der Waals surface area contributed by atoms with Gasteiger partial charge in [-0.05, 0) is 24.3 Å². The maximum absolute atomic E-state index is 8.88. The molecule has 16 heavy (non-hydrogen) atoms. The lowest BCUT2D eigenvalue weighted by Crippen LogP contribution is -1.95.